The summed E-state index contributed by atoms with van der Waals surface area (Å²) in [5.41, 5.74) is 0. The topological polar surface area (TPSA) is 26.3 Å². The van der Waals surface area contributed by atoms with Crippen molar-refractivity contribution in [3.05, 3.63) is 0 Å². The van der Waals surface area contributed by atoms with Crippen LogP contribution in [-0.2, 0) is 9.53 Å². The zero-order chi connectivity index (χ0) is 8.69. The third kappa shape index (κ3) is 5.24. The Morgan fingerprint density at radius 1 is 1.64 bits per heavy atom. The van der Waals surface area contributed by atoms with Gasteiger partial charge in [0.05, 0.1) is 12.5 Å². The normalized spacial score (nSPS) is 12.6. The van der Waals surface area contributed by atoms with Crippen molar-refractivity contribution in [2.75, 3.05) is 11.9 Å². The maximum Gasteiger partial charge on any atom is 0.308 e. The maximum atomic E-state index is 11.0. The van der Waals surface area contributed by atoms with Gasteiger partial charge < -0.3 is 4.74 Å². The minimum Gasteiger partial charge on any atom is -0.465 e. The maximum absolute atomic E-state index is 11.0. The number of halogens is 1. The first-order valence-corrected chi connectivity index (χ1v) is 5.07. The van der Waals surface area contributed by atoms with Crippen LogP contribution in [-0.4, -0.2) is 17.9 Å². The van der Waals surface area contributed by atoms with Crippen molar-refractivity contribution in [2.45, 2.75) is 26.7 Å². The fourth-order valence-electron chi connectivity index (χ4n) is 0.626. The van der Waals surface area contributed by atoms with Crippen molar-refractivity contribution in [2.24, 2.45) is 5.92 Å². The van der Waals surface area contributed by atoms with E-state index in [1.165, 1.54) is 0 Å². The summed E-state index contributed by atoms with van der Waals surface area (Å²) in [6.07, 6.45) is 1.75. The van der Waals surface area contributed by atoms with E-state index < -0.39 is 0 Å². The lowest BCUT2D eigenvalue weighted by molar-refractivity contribution is -0.147. The molecule has 0 rings (SSSR count). The molecule has 0 aliphatic rings. The van der Waals surface area contributed by atoms with E-state index in [1.54, 1.807) is 0 Å². The second-order valence-corrected chi connectivity index (χ2v) is 3.34. The van der Waals surface area contributed by atoms with Gasteiger partial charge >= 0.3 is 5.97 Å². The van der Waals surface area contributed by atoms with E-state index >= 15 is 0 Å². The second-order valence-electron chi connectivity index (χ2n) is 2.55. The van der Waals surface area contributed by atoms with E-state index in [0.29, 0.717) is 6.61 Å². The SMILES string of the molecule is CCCOC(=O)C(C)CCBr. The monoisotopic (exact) mass is 222 g/mol. The predicted octanol–water partition coefficient (Wildman–Crippen LogP) is 2.36. The Morgan fingerprint density at radius 2 is 2.27 bits per heavy atom. The molecule has 0 radical (unpaired) electrons. The Labute approximate surface area is 76.4 Å². The van der Waals surface area contributed by atoms with Crippen molar-refractivity contribution in [1.82, 2.24) is 0 Å². The van der Waals surface area contributed by atoms with Gasteiger partial charge in [-0.15, -0.1) is 0 Å². The summed E-state index contributed by atoms with van der Waals surface area (Å²) in [6, 6.07) is 0. The first kappa shape index (κ1) is 11.0. The number of rotatable bonds is 5. The summed E-state index contributed by atoms with van der Waals surface area (Å²) in [7, 11) is 0. The van der Waals surface area contributed by atoms with Crippen LogP contribution in [0.25, 0.3) is 0 Å². The lowest BCUT2D eigenvalue weighted by Gasteiger charge is -2.08. The van der Waals surface area contributed by atoms with Crippen LogP contribution in [0.4, 0.5) is 0 Å². The van der Waals surface area contributed by atoms with Crippen LogP contribution in [0.5, 0.6) is 0 Å². The summed E-state index contributed by atoms with van der Waals surface area (Å²) in [5, 5.41) is 0.857. The van der Waals surface area contributed by atoms with Crippen molar-refractivity contribution >= 4 is 21.9 Å². The largest absolute Gasteiger partial charge is 0.465 e. The van der Waals surface area contributed by atoms with Crippen LogP contribution in [0.3, 0.4) is 0 Å². The number of carbonyl (C=O) groups is 1. The highest BCUT2D eigenvalue weighted by molar-refractivity contribution is 9.09. The summed E-state index contributed by atoms with van der Waals surface area (Å²) >= 11 is 3.28. The molecule has 0 saturated heterocycles. The molecule has 0 aromatic rings. The number of hydrogen-bond donors (Lipinski definition) is 0. The summed E-state index contributed by atoms with van der Waals surface area (Å²) in [4.78, 5) is 11.0. The fourth-order valence-corrected chi connectivity index (χ4v) is 1.31. The molecule has 0 bridgehead atoms. The van der Waals surface area contributed by atoms with Gasteiger partial charge in [-0.05, 0) is 12.8 Å². The Bertz CT molecular complexity index is 115. The van der Waals surface area contributed by atoms with Crippen LogP contribution in [0.2, 0.25) is 0 Å². The van der Waals surface area contributed by atoms with Crippen LogP contribution in [0.1, 0.15) is 26.7 Å². The van der Waals surface area contributed by atoms with Gasteiger partial charge in [-0.3, -0.25) is 4.79 Å². The highest BCUT2D eigenvalue weighted by Gasteiger charge is 2.12. The van der Waals surface area contributed by atoms with E-state index in [9.17, 15) is 4.79 Å². The Hall–Kier alpha value is -0.0500. The summed E-state index contributed by atoms with van der Waals surface area (Å²) in [6.45, 7) is 4.42. The smallest absolute Gasteiger partial charge is 0.308 e. The highest BCUT2D eigenvalue weighted by Crippen LogP contribution is 2.06. The van der Waals surface area contributed by atoms with Crippen molar-refractivity contribution in [1.29, 1.82) is 0 Å². The molecule has 0 aliphatic carbocycles. The lowest BCUT2D eigenvalue weighted by atomic mass is 10.1. The molecule has 0 fully saturated rings. The molecule has 0 heterocycles. The third-order valence-electron chi connectivity index (χ3n) is 1.39. The van der Waals surface area contributed by atoms with E-state index in [-0.39, 0.29) is 11.9 Å². The van der Waals surface area contributed by atoms with Gasteiger partial charge in [-0.2, -0.15) is 0 Å². The zero-order valence-corrected chi connectivity index (χ0v) is 8.69. The van der Waals surface area contributed by atoms with Gasteiger partial charge in [-0.1, -0.05) is 29.8 Å². The van der Waals surface area contributed by atoms with Gasteiger partial charge in [0.15, 0.2) is 0 Å². The Balaban J connectivity index is 3.47. The molecule has 66 valence electrons. The molecule has 0 N–H and O–H groups in total. The van der Waals surface area contributed by atoms with Crippen LogP contribution in [0, 0.1) is 5.92 Å². The van der Waals surface area contributed by atoms with Crippen molar-refractivity contribution in [3.8, 4) is 0 Å². The molecule has 0 aromatic carbocycles. The van der Waals surface area contributed by atoms with Crippen LogP contribution >= 0.6 is 15.9 Å². The molecule has 1 unspecified atom stereocenters. The van der Waals surface area contributed by atoms with E-state index in [4.69, 9.17) is 4.74 Å². The third-order valence-corrected chi connectivity index (χ3v) is 1.85. The van der Waals surface area contributed by atoms with Gasteiger partial charge in [0.1, 0.15) is 0 Å². The Morgan fingerprint density at radius 3 is 2.73 bits per heavy atom. The summed E-state index contributed by atoms with van der Waals surface area (Å²) in [5.74, 6) is -0.0489. The van der Waals surface area contributed by atoms with Gasteiger partial charge in [0, 0.05) is 5.33 Å². The van der Waals surface area contributed by atoms with Crippen molar-refractivity contribution in [3.63, 3.8) is 0 Å². The number of ether oxygens (including phenoxy) is 1. The first-order valence-electron chi connectivity index (χ1n) is 3.95. The molecule has 0 aliphatic heterocycles. The van der Waals surface area contributed by atoms with Crippen LogP contribution < -0.4 is 0 Å². The fraction of sp³-hybridized carbons (Fsp3) is 0.875. The summed E-state index contributed by atoms with van der Waals surface area (Å²) < 4.78 is 4.95. The number of carbonyl (C=O) groups excluding carboxylic acids is 1. The van der Waals surface area contributed by atoms with E-state index in [2.05, 4.69) is 15.9 Å². The minimum atomic E-state index is -0.0775. The quantitative estimate of drug-likeness (QED) is 0.528. The van der Waals surface area contributed by atoms with Gasteiger partial charge in [0.25, 0.3) is 0 Å². The highest BCUT2D eigenvalue weighted by atomic mass is 79.9. The molecule has 0 amide bonds. The molecule has 2 nitrogen and oxygen atoms in total. The predicted molar refractivity (Wildman–Crippen MR) is 48.8 cm³/mol. The number of hydrogen-bond acceptors (Lipinski definition) is 2. The minimum absolute atomic E-state index is 0.0286. The molecule has 3 heteroatoms. The average molecular weight is 223 g/mol. The number of esters is 1. The molecule has 1 atom stereocenters. The zero-order valence-electron chi connectivity index (χ0n) is 7.10. The lowest BCUT2D eigenvalue weighted by Crippen LogP contribution is -2.15. The molecular weight excluding hydrogens is 208 g/mol. The van der Waals surface area contributed by atoms with E-state index in [1.807, 2.05) is 13.8 Å². The van der Waals surface area contributed by atoms with Gasteiger partial charge in [-0.25, -0.2) is 0 Å². The molecular formula is C8H15BrO2. The number of alkyl halides is 1. The Kier molecular flexibility index (Phi) is 6.62. The van der Waals surface area contributed by atoms with E-state index in [0.717, 1.165) is 18.2 Å². The molecule has 0 aromatic heterocycles. The van der Waals surface area contributed by atoms with Gasteiger partial charge in [0.2, 0.25) is 0 Å². The first-order chi connectivity index (χ1) is 5.22. The molecule has 0 saturated carbocycles. The van der Waals surface area contributed by atoms with Crippen molar-refractivity contribution < 1.29 is 9.53 Å². The molecule has 0 spiro atoms. The second kappa shape index (κ2) is 6.65. The van der Waals surface area contributed by atoms with Crippen LogP contribution in [0.15, 0.2) is 0 Å². The average Bonchev–Trinajstić information content (AvgIpc) is 2.00. The standard InChI is InChI=1S/C8H15BrO2/c1-3-6-11-8(10)7(2)4-5-9/h7H,3-6H2,1-2H3. The molecule has 11 heavy (non-hydrogen) atoms.